The van der Waals surface area contributed by atoms with Crippen LogP contribution in [0.1, 0.15) is 51.4 Å². The van der Waals surface area contributed by atoms with E-state index in [0.717, 1.165) is 77.8 Å². The Morgan fingerprint density at radius 1 is 1.04 bits per heavy atom. The Labute approximate surface area is 156 Å². The number of rotatable bonds is 7. The van der Waals surface area contributed by atoms with E-state index in [1.807, 2.05) is 5.01 Å². The molecule has 2 heterocycles. The molecule has 2 aliphatic heterocycles. The first-order valence-electron chi connectivity index (χ1n) is 10.3. The average Bonchev–Trinajstić information content (AvgIpc) is 2.69. The van der Waals surface area contributed by atoms with Crippen LogP contribution in [0.5, 0.6) is 0 Å². The van der Waals surface area contributed by atoms with Gasteiger partial charge in [0, 0.05) is 44.7 Å². The quantitative estimate of drug-likeness (QED) is 0.659. The number of nitrogens with zero attached hydrogens (tertiary/aromatic N) is 3. The van der Waals surface area contributed by atoms with Gasteiger partial charge < -0.3 is 10.4 Å². The molecule has 0 atom stereocenters. The summed E-state index contributed by atoms with van der Waals surface area (Å²) in [6.45, 7) is 6.20. The fourth-order valence-electron chi connectivity index (χ4n) is 4.89. The van der Waals surface area contributed by atoms with E-state index in [-0.39, 0.29) is 6.42 Å². The second-order valence-corrected chi connectivity index (χ2v) is 8.06. The maximum absolute atomic E-state index is 11.8. The van der Waals surface area contributed by atoms with Gasteiger partial charge in [0.25, 0.3) is 0 Å². The lowest BCUT2D eigenvalue weighted by Crippen LogP contribution is -2.59. The molecule has 0 unspecified atom stereocenters. The molecule has 0 aromatic carbocycles. The summed E-state index contributed by atoms with van der Waals surface area (Å²) in [7, 11) is 0. The molecule has 3 aliphatic rings. The van der Waals surface area contributed by atoms with Gasteiger partial charge in [0.2, 0.25) is 6.41 Å². The van der Waals surface area contributed by atoms with Gasteiger partial charge >= 0.3 is 5.97 Å². The molecule has 26 heavy (non-hydrogen) atoms. The lowest BCUT2D eigenvalue weighted by Gasteiger charge is -2.46. The Hall–Kier alpha value is -1.18. The monoisotopic (exact) mass is 366 g/mol. The van der Waals surface area contributed by atoms with Gasteiger partial charge in [0.15, 0.2) is 0 Å². The van der Waals surface area contributed by atoms with Crippen LogP contribution >= 0.6 is 0 Å². The molecule has 3 fully saturated rings. The van der Waals surface area contributed by atoms with Gasteiger partial charge in [-0.2, -0.15) is 0 Å². The lowest BCUT2D eigenvalue weighted by molar-refractivity contribution is -0.148. The predicted octanol–water partition coefficient (Wildman–Crippen LogP) is 1.15. The summed E-state index contributed by atoms with van der Waals surface area (Å²) in [5, 5.41) is 16.5. The van der Waals surface area contributed by atoms with Crippen LogP contribution < -0.4 is 5.32 Å². The summed E-state index contributed by atoms with van der Waals surface area (Å²) in [5.41, 5.74) is 0. The molecule has 2 N–H and O–H groups in total. The van der Waals surface area contributed by atoms with Crippen molar-refractivity contribution in [3.05, 3.63) is 0 Å². The van der Waals surface area contributed by atoms with Crippen LogP contribution in [0, 0.1) is 5.92 Å². The summed E-state index contributed by atoms with van der Waals surface area (Å²) >= 11 is 0. The van der Waals surface area contributed by atoms with E-state index in [9.17, 15) is 9.59 Å². The Morgan fingerprint density at radius 2 is 1.69 bits per heavy atom. The van der Waals surface area contributed by atoms with Gasteiger partial charge in [-0.1, -0.05) is 0 Å². The van der Waals surface area contributed by atoms with Crippen molar-refractivity contribution in [2.45, 2.75) is 63.5 Å². The number of hydrazine groups is 1. The van der Waals surface area contributed by atoms with Crippen molar-refractivity contribution < 1.29 is 14.7 Å². The highest BCUT2D eigenvalue weighted by Crippen LogP contribution is 2.31. The molecule has 2 saturated heterocycles. The van der Waals surface area contributed by atoms with Crippen LogP contribution in [0.2, 0.25) is 0 Å². The Bertz CT molecular complexity index is 454. The first kappa shape index (κ1) is 19.6. The molecule has 7 nitrogen and oxygen atoms in total. The maximum atomic E-state index is 11.8. The second-order valence-electron chi connectivity index (χ2n) is 8.06. The van der Waals surface area contributed by atoms with Gasteiger partial charge in [-0.3, -0.25) is 19.5 Å². The SMILES string of the molecule is O=CN(C1CCC(CCC(=O)O)CC1)N1CCN(C2CCNCC2)CC1. The van der Waals surface area contributed by atoms with Gasteiger partial charge in [0.1, 0.15) is 0 Å². The van der Waals surface area contributed by atoms with Gasteiger partial charge in [-0.25, -0.2) is 5.01 Å². The minimum atomic E-state index is -0.701. The van der Waals surface area contributed by atoms with E-state index < -0.39 is 5.97 Å². The minimum absolute atomic E-state index is 0.269. The van der Waals surface area contributed by atoms with Crippen LogP contribution in [0.3, 0.4) is 0 Å². The standard InChI is InChI=1S/C19H34N4O3/c24-15-23(18-4-1-16(2-5-18)3-6-19(25)26)22-13-11-21(12-14-22)17-7-9-20-10-8-17/h15-18,20H,1-14H2,(H,25,26). The number of aliphatic carboxylic acids is 1. The van der Waals surface area contributed by atoms with Gasteiger partial charge in [0.05, 0.1) is 0 Å². The van der Waals surface area contributed by atoms with E-state index in [4.69, 9.17) is 5.11 Å². The van der Waals surface area contributed by atoms with Crippen LogP contribution in [-0.2, 0) is 9.59 Å². The Morgan fingerprint density at radius 3 is 2.27 bits per heavy atom. The summed E-state index contributed by atoms with van der Waals surface area (Å²) in [4.78, 5) is 25.1. The number of hydrogen-bond acceptors (Lipinski definition) is 5. The van der Waals surface area contributed by atoms with E-state index in [1.165, 1.54) is 12.8 Å². The summed E-state index contributed by atoms with van der Waals surface area (Å²) < 4.78 is 0. The highest BCUT2D eigenvalue weighted by molar-refractivity contribution is 5.66. The molecule has 0 spiro atoms. The third-order valence-electron chi connectivity index (χ3n) is 6.51. The van der Waals surface area contributed by atoms with E-state index in [0.29, 0.717) is 18.0 Å². The van der Waals surface area contributed by atoms with Crippen LogP contribution in [0.4, 0.5) is 0 Å². The fraction of sp³-hybridized carbons (Fsp3) is 0.895. The van der Waals surface area contributed by atoms with Crippen molar-refractivity contribution in [3.63, 3.8) is 0 Å². The minimum Gasteiger partial charge on any atom is -0.481 e. The van der Waals surface area contributed by atoms with Gasteiger partial charge in [-0.05, 0) is 64.0 Å². The first-order valence-corrected chi connectivity index (χ1v) is 10.3. The number of carbonyl (C=O) groups is 2. The highest BCUT2D eigenvalue weighted by Gasteiger charge is 2.32. The molecular formula is C19H34N4O3. The maximum Gasteiger partial charge on any atom is 0.303 e. The molecule has 0 aromatic heterocycles. The smallest absolute Gasteiger partial charge is 0.303 e. The van der Waals surface area contributed by atoms with E-state index in [2.05, 4.69) is 15.2 Å². The molecule has 0 aromatic rings. The van der Waals surface area contributed by atoms with Gasteiger partial charge in [-0.15, -0.1) is 0 Å². The molecule has 148 valence electrons. The summed E-state index contributed by atoms with van der Waals surface area (Å²) in [6, 6.07) is 0.992. The number of piperidine rings is 1. The van der Waals surface area contributed by atoms with Crippen molar-refractivity contribution in [3.8, 4) is 0 Å². The molecule has 0 radical (unpaired) electrons. The Balaban J connectivity index is 1.43. The predicted molar refractivity (Wildman–Crippen MR) is 99.6 cm³/mol. The van der Waals surface area contributed by atoms with E-state index >= 15 is 0 Å². The molecule has 0 bridgehead atoms. The van der Waals surface area contributed by atoms with Crippen molar-refractivity contribution in [2.75, 3.05) is 39.3 Å². The third-order valence-corrected chi connectivity index (χ3v) is 6.51. The lowest BCUT2D eigenvalue weighted by atomic mass is 9.83. The summed E-state index contributed by atoms with van der Waals surface area (Å²) in [6.07, 6.45) is 8.60. The number of amides is 1. The van der Waals surface area contributed by atoms with Crippen LogP contribution in [0.25, 0.3) is 0 Å². The van der Waals surface area contributed by atoms with Crippen LogP contribution in [0.15, 0.2) is 0 Å². The number of hydrogen-bond donors (Lipinski definition) is 2. The normalized spacial score (nSPS) is 29.4. The van der Waals surface area contributed by atoms with Crippen LogP contribution in [-0.4, -0.2) is 83.8 Å². The highest BCUT2D eigenvalue weighted by atomic mass is 16.4. The number of carbonyl (C=O) groups excluding carboxylic acids is 1. The topological polar surface area (TPSA) is 76.1 Å². The zero-order chi connectivity index (χ0) is 18.4. The molecule has 1 amide bonds. The largest absolute Gasteiger partial charge is 0.481 e. The fourth-order valence-corrected chi connectivity index (χ4v) is 4.89. The number of carboxylic acids is 1. The molecular weight excluding hydrogens is 332 g/mol. The second kappa shape index (κ2) is 9.67. The Kier molecular flexibility index (Phi) is 7.28. The van der Waals surface area contributed by atoms with Crippen molar-refractivity contribution in [1.29, 1.82) is 0 Å². The van der Waals surface area contributed by atoms with E-state index in [1.54, 1.807) is 0 Å². The molecule has 1 aliphatic carbocycles. The zero-order valence-electron chi connectivity index (χ0n) is 15.8. The van der Waals surface area contributed by atoms with Crippen molar-refractivity contribution in [1.82, 2.24) is 20.2 Å². The van der Waals surface area contributed by atoms with Crippen molar-refractivity contribution >= 4 is 12.4 Å². The summed E-state index contributed by atoms with van der Waals surface area (Å²) in [5.74, 6) is -0.194. The third kappa shape index (κ3) is 5.18. The van der Waals surface area contributed by atoms with Crippen molar-refractivity contribution in [2.24, 2.45) is 5.92 Å². The zero-order valence-corrected chi connectivity index (χ0v) is 15.8. The number of piperazine rings is 1. The number of nitrogens with one attached hydrogen (secondary N) is 1. The molecule has 7 heteroatoms. The number of carboxylic acid groups (broad SMARTS) is 1. The molecule has 3 rings (SSSR count). The average molecular weight is 367 g/mol. The first-order chi connectivity index (χ1) is 12.7. The molecule has 1 saturated carbocycles.